The van der Waals surface area contributed by atoms with E-state index in [1.165, 1.54) is 4.90 Å². The first-order valence-corrected chi connectivity index (χ1v) is 8.42. The molecule has 3 rings (SSSR count). The number of hydrogen-bond acceptors (Lipinski definition) is 4. The van der Waals surface area contributed by atoms with Gasteiger partial charge >= 0.3 is 0 Å². The first-order valence-electron chi connectivity index (χ1n) is 8.05. The Morgan fingerprint density at radius 3 is 2.50 bits per heavy atom. The number of primary amides is 1. The smallest absolute Gasteiger partial charge is 0.251 e. The van der Waals surface area contributed by atoms with E-state index in [4.69, 9.17) is 17.3 Å². The van der Waals surface area contributed by atoms with Crippen molar-refractivity contribution in [3.63, 3.8) is 0 Å². The largest absolute Gasteiger partial charge is 0.369 e. The van der Waals surface area contributed by atoms with Crippen LogP contribution in [0.3, 0.4) is 0 Å². The maximum absolute atomic E-state index is 12.8. The lowest BCUT2D eigenvalue weighted by Gasteiger charge is -2.33. The number of nitrogens with two attached hydrogens (primary N) is 1. The fourth-order valence-corrected chi connectivity index (χ4v) is 3.76. The number of benzene rings is 1. The fraction of sp³-hybridized carbons (Fsp3) is 0.471. The van der Waals surface area contributed by atoms with E-state index in [2.05, 4.69) is 0 Å². The lowest BCUT2D eigenvalue weighted by molar-refractivity contribution is -0.124. The maximum atomic E-state index is 12.8. The lowest BCUT2D eigenvalue weighted by atomic mass is 9.95. The van der Waals surface area contributed by atoms with Gasteiger partial charge < -0.3 is 5.73 Å². The molecule has 7 heteroatoms. The normalized spacial score (nSPS) is 23.1. The zero-order chi connectivity index (χ0) is 17.4. The zero-order valence-corrected chi connectivity index (χ0v) is 14.3. The highest BCUT2D eigenvalue weighted by molar-refractivity contribution is 6.36. The molecule has 2 N–H and O–H groups in total. The quantitative estimate of drug-likeness (QED) is 0.838. The van der Waals surface area contributed by atoms with Crippen molar-refractivity contribution in [2.24, 2.45) is 11.7 Å². The molecule has 0 saturated carbocycles. The molecule has 2 heterocycles. The van der Waals surface area contributed by atoms with Gasteiger partial charge in [0.1, 0.15) is 0 Å². The number of likely N-dealkylation sites (tertiary alicyclic amines) is 1. The van der Waals surface area contributed by atoms with E-state index in [-0.39, 0.29) is 30.1 Å². The molecule has 1 aromatic rings. The molecule has 1 aromatic carbocycles. The molecule has 24 heavy (non-hydrogen) atoms. The van der Waals surface area contributed by atoms with Gasteiger partial charge in [0.25, 0.3) is 5.91 Å². The Morgan fingerprint density at radius 1 is 1.25 bits per heavy atom. The van der Waals surface area contributed by atoms with Crippen LogP contribution in [0, 0.1) is 12.8 Å². The average Bonchev–Trinajstić information content (AvgIpc) is 2.83. The minimum absolute atomic E-state index is 0.142. The van der Waals surface area contributed by atoms with Crippen molar-refractivity contribution in [2.45, 2.75) is 32.2 Å². The van der Waals surface area contributed by atoms with Gasteiger partial charge in [-0.25, -0.2) is 4.90 Å². The third kappa shape index (κ3) is 3.03. The van der Waals surface area contributed by atoms with Crippen LogP contribution in [-0.2, 0) is 14.4 Å². The number of amides is 3. The van der Waals surface area contributed by atoms with E-state index in [1.807, 2.05) is 17.9 Å². The molecular formula is C17H20ClN3O3. The van der Waals surface area contributed by atoms with Gasteiger partial charge in [-0.05, 0) is 50.6 Å². The van der Waals surface area contributed by atoms with Gasteiger partial charge in [-0.3, -0.25) is 19.3 Å². The summed E-state index contributed by atoms with van der Waals surface area (Å²) in [5, 5.41) is 0.393. The second-order valence-electron chi connectivity index (χ2n) is 6.45. The van der Waals surface area contributed by atoms with Crippen LogP contribution < -0.4 is 10.6 Å². The van der Waals surface area contributed by atoms with Crippen LogP contribution in [0.25, 0.3) is 0 Å². The van der Waals surface area contributed by atoms with Crippen LogP contribution in [0.1, 0.15) is 24.8 Å². The van der Waals surface area contributed by atoms with E-state index in [0.717, 1.165) is 5.56 Å². The molecule has 3 amide bonds. The molecule has 0 bridgehead atoms. The summed E-state index contributed by atoms with van der Waals surface area (Å²) in [6.45, 7) is 3.08. The Kier molecular flexibility index (Phi) is 4.60. The number of carbonyl (C=O) groups excluding carboxylic acids is 3. The first-order chi connectivity index (χ1) is 11.4. The molecule has 2 aliphatic heterocycles. The van der Waals surface area contributed by atoms with Crippen molar-refractivity contribution in [3.05, 3.63) is 28.8 Å². The van der Waals surface area contributed by atoms with E-state index < -0.39 is 6.04 Å². The molecule has 0 radical (unpaired) electrons. The highest BCUT2D eigenvalue weighted by atomic mass is 35.5. The molecule has 128 valence electrons. The highest BCUT2D eigenvalue weighted by Crippen LogP contribution is 2.33. The molecule has 0 spiro atoms. The van der Waals surface area contributed by atoms with Gasteiger partial charge in [-0.1, -0.05) is 17.7 Å². The maximum Gasteiger partial charge on any atom is 0.251 e. The van der Waals surface area contributed by atoms with Crippen molar-refractivity contribution in [1.82, 2.24) is 4.90 Å². The summed E-state index contributed by atoms with van der Waals surface area (Å²) in [5.41, 5.74) is 6.74. The van der Waals surface area contributed by atoms with Crippen molar-refractivity contribution in [3.8, 4) is 0 Å². The summed E-state index contributed by atoms with van der Waals surface area (Å²) < 4.78 is 0. The van der Waals surface area contributed by atoms with Crippen LogP contribution in [0.2, 0.25) is 5.02 Å². The number of anilines is 1. The summed E-state index contributed by atoms with van der Waals surface area (Å²) in [4.78, 5) is 39.6. The second kappa shape index (κ2) is 6.53. The molecular weight excluding hydrogens is 330 g/mol. The van der Waals surface area contributed by atoms with E-state index in [1.54, 1.807) is 12.1 Å². The van der Waals surface area contributed by atoms with Crippen LogP contribution >= 0.6 is 11.6 Å². The first kappa shape index (κ1) is 16.9. The SMILES string of the molecule is Cc1ccc(N2C(=O)CC(N3CCC(C(N)=O)CC3)C2=O)c(Cl)c1. The van der Waals surface area contributed by atoms with Gasteiger partial charge in [0.05, 0.1) is 23.2 Å². The molecule has 1 atom stereocenters. The van der Waals surface area contributed by atoms with Gasteiger partial charge in [-0.15, -0.1) is 0 Å². The number of aryl methyl sites for hydroxylation is 1. The molecule has 2 fully saturated rings. The number of nitrogens with zero attached hydrogens (tertiary/aromatic N) is 2. The predicted octanol–water partition coefficient (Wildman–Crippen LogP) is 1.48. The number of rotatable bonds is 3. The molecule has 0 aliphatic carbocycles. The minimum atomic E-state index is -0.483. The van der Waals surface area contributed by atoms with E-state index in [0.29, 0.717) is 36.6 Å². The Bertz CT molecular complexity index is 698. The van der Waals surface area contributed by atoms with Crippen LogP contribution in [0.15, 0.2) is 18.2 Å². The molecule has 2 aliphatic rings. The van der Waals surface area contributed by atoms with Crippen molar-refractivity contribution in [2.75, 3.05) is 18.0 Å². The Hall–Kier alpha value is -1.92. The molecule has 1 unspecified atom stereocenters. The lowest BCUT2D eigenvalue weighted by Crippen LogP contribution is -2.47. The Morgan fingerprint density at radius 2 is 1.92 bits per heavy atom. The highest BCUT2D eigenvalue weighted by Gasteiger charge is 2.44. The third-order valence-corrected chi connectivity index (χ3v) is 5.14. The number of halogens is 1. The van der Waals surface area contributed by atoms with Crippen molar-refractivity contribution >= 4 is 35.0 Å². The molecule has 0 aromatic heterocycles. The van der Waals surface area contributed by atoms with Gasteiger partial charge in [-0.2, -0.15) is 0 Å². The number of piperidine rings is 1. The van der Waals surface area contributed by atoms with Crippen LogP contribution in [-0.4, -0.2) is 41.8 Å². The van der Waals surface area contributed by atoms with Crippen molar-refractivity contribution in [1.29, 1.82) is 0 Å². The van der Waals surface area contributed by atoms with Gasteiger partial charge in [0.2, 0.25) is 11.8 Å². The summed E-state index contributed by atoms with van der Waals surface area (Å²) in [5.74, 6) is -0.927. The zero-order valence-electron chi connectivity index (χ0n) is 13.5. The third-order valence-electron chi connectivity index (χ3n) is 4.84. The second-order valence-corrected chi connectivity index (χ2v) is 6.86. The topological polar surface area (TPSA) is 83.7 Å². The van der Waals surface area contributed by atoms with Gasteiger partial charge in [0.15, 0.2) is 0 Å². The number of carbonyl (C=O) groups is 3. The molecule has 2 saturated heterocycles. The summed E-state index contributed by atoms with van der Waals surface area (Å²) >= 11 is 6.22. The number of imide groups is 1. The number of hydrogen-bond donors (Lipinski definition) is 1. The average molecular weight is 350 g/mol. The standard InChI is InChI=1S/C17H20ClN3O3/c1-10-2-3-13(12(18)8-10)21-15(22)9-14(17(21)24)20-6-4-11(5-7-20)16(19)23/h2-3,8,11,14H,4-7,9H2,1H3,(H2,19,23). The predicted molar refractivity (Wildman–Crippen MR) is 90.6 cm³/mol. The summed E-state index contributed by atoms with van der Waals surface area (Å²) in [6.07, 6.45) is 1.39. The monoisotopic (exact) mass is 349 g/mol. The fourth-order valence-electron chi connectivity index (χ4n) is 3.44. The van der Waals surface area contributed by atoms with Gasteiger partial charge in [0, 0.05) is 5.92 Å². The van der Waals surface area contributed by atoms with E-state index in [9.17, 15) is 14.4 Å². The van der Waals surface area contributed by atoms with Crippen LogP contribution in [0.5, 0.6) is 0 Å². The van der Waals surface area contributed by atoms with Crippen molar-refractivity contribution < 1.29 is 14.4 Å². The van der Waals surface area contributed by atoms with E-state index >= 15 is 0 Å². The van der Waals surface area contributed by atoms with Crippen LogP contribution in [0.4, 0.5) is 5.69 Å². The molecule has 6 nitrogen and oxygen atoms in total. The minimum Gasteiger partial charge on any atom is -0.369 e. The summed E-state index contributed by atoms with van der Waals surface area (Å²) in [7, 11) is 0. The Labute approximate surface area is 145 Å². The summed E-state index contributed by atoms with van der Waals surface area (Å²) in [6, 6.07) is 4.79. The Balaban J connectivity index is 1.76.